The van der Waals surface area contributed by atoms with Crippen molar-refractivity contribution in [1.29, 1.82) is 0 Å². The first-order chi connectivity index (χ1) is 14.1. The second kappa shape index (κ2) is 7.88. The van der Waals surface area contributed by atoms with Crippen molar-refractivity contribution < 1.29 is 26.2 Å². The van der Waals surface area contributed by atoms with Gasteiger partial charge in [0.25, 0.3) is 0 Å². The molecule has 1 N–H and O–H groups in total. The van der Waals surface area contributed by atoms with Gasteiger partial charge < -0.3 is 5.11 Å². The van der Waals surface area contributed by atoms with E-state index in [2.05, 4.69) is 27.3 Å². The Bertz CT molecular complexity index is 1350. The predicted molar refractivity (Wildman–Crippen MR) is 111 cm³/mol. The first-order valence-corrected chi connectivity index (χ1v) is 9.31. The molecule has 0 atom stereocenters. The molecule has 0 spiro atoms. The topological polar surface area (TPSA) is 68.8 Å². The third-order valence-electron chi connectivity index (χ3n) is 4.90. The van der Waals surface area contributed by atoms with Gasteiger partial charge >= 0.3 is 0 Å². The average molecular weight is 576 g/mol. The second-order valence-corrected chi connectivity index (χ2v) is 6.85. The van der Waals surface area contributed by atoms with Crippen molar-refractivity contribution in [3.8, 4) is 28.5 Å². The number of benzene rings is 3. The quantitative estimate of drug-likeness (QED) is 0.324. The number of phenolic OH excluding ortho intramolecular Hbond substituents is 1. The first-order valence-electron chi connectivity index (χ1n) is 9.31. The molecule has 5 aromatic rings. The van der Waals surface area contributed by atoms with E-state index < -0.39 is 0 Å². The average Bonchev–Trinajstić information content (AvgIpc) is 3.29. The summed E-state index contributed by atoms with van der Waals surface area (Å²) in [7, 11) is 0. The zero-order valence-electron chi connectivity index (χ0n) is 16.4. The van der Waals surface area contributed by atoms with Gasteiger partial charge in [-0.2, -0.15) is 10.2 Å². The summed E-state index contributed by atoms with van der Waals surface area (Å²) in [6.07, 6.45) is 0. The molecule has 3 aromatic carbocycles. The summed E-state index contributed by atoms with van der Waals surface area (Å²) in [5, 5.41) is 20.6. The normalized spacial score (nSPS) is 10.9. The van der Waals surface area contributed by atoms with Crippen molar-refractivity contribution in [3.63, 3.8) is 0 Å². The van der Waals surface area contributed by atoms with E-state index in [1.807, 2.05) is 61.0 Å². The zero-order chi connectivity index (χ0) is 20.0. The molecule has 6 nitrogen and oxygen atoms in total. The monoisotopic (exact) mass is 575 g/mol. The van der Waals surface area contributed by atoms with Crippen molar-refractivity contribution in [2.24, 2.45) is 0 Å². The van der Waals surface area contributed by atoms with E-state index in [0.717, 1.165) is 27.8 Å². The van der Waals surface area contributed by atoms with Crippen molar-refractivity contribution >= 4 is 10.9 Å². The Kier molecular flexibility index (Phi) is 5.27. The number of rotatable bonds is 3. The van der Waals surface area contributed by atoms with E-state index in [9.17, 15) is 5.11 Å². The van der Waals surface area contributed by atoms with E-state index in [1.54, 1.807) is 22.9 Å². The van der Waals surface area contributed by atoms with Gasteiger partial charge in [-0.1, -0.05) is 30.3 Å². The maximum Gasteiger partial charge on any atom is 0.141 e. The van der Waals surface area contributed by atoms with E-state index >= 15 is 0 Å². The molecule has 152 valence electrons. The van der Waals surface area contributed by atoms with Crippen LogP contribution in [0.5, 0.6) is 5.75 Å². The molecular formula is C23H18N5OPt-. The third-order valence-corrected chi connectivity index (χ3v) is 4.90. The van der Waals surface area contributed by atoms with Gasteiger partial charge in [-0.05, 0) is 37.7 Å². The van der Waals surface area contributed by atoms with Gasteiger partial charge in [0.15, 0.2) is 0 Å². The summed E-state index contributed by atoms with van der Waals surface area (Å²) >= 11 is 0. The van der Waals surface area contributed by atoms with Crippen LogP contribution in [-0.2, 0) is 21.1 Å². The van der Waals surface area contributed by atoms with Crippen LogP contribution in [0.3, 0.4) is 0 Å². The summed E-state index contributed by atoms with van der Waals surface area (Å²) in [6.45, 7) is 3.86. The number of aryl methyl sites for hydroxylation is 2. The summed E-state index contributed by atoms with van der Waals surface area (Å²) in [4.78, 5) is 4.58. The van der Waals surface area contributed by atoms with Crippen LogP contribution in [0, 0.1) is 19.9 Å². The van der Waals surface area contributed by atoms with Gasteiger partial charge in [-0.25, -0.2) is 4.68 Å². The molecule has 0 aliphatic carbocycles. The van der Waals surface area contributed by atoms with Gasteiger partial charge in [0, 0.05) is 26.5 Å². The van der Waals surface area contributed by atoms with Crippen molar-refractivity contribution in [2.75, 3.05) is 0 Å². The Labute approximate surface area is 188 Å². The number of nitrogens with zero attached hydrogens (tertiary/aromatic N) is 5. The molecule has 0 fully saturated rings. The summed E-state index contributed by atoms with van der Waals surface area (Å²) in [5.41, 5.74) is 4.17. The van der Waals surface area contributed by atoms with Crippen LogP contribution in [0.4, 0.5) is 0 Å². The van der Waals surface area contributed by atoms with Crippen molar-refractivity contribution in [2.45, 2.75) is 13.8 Å². The molecule has 0 amide bonds. The minimum atomic E-state index is 0. The first kappa shape index (κ1) is 20.0. The van der Waals surface area contributed by atoms with Gasteiger partial charge in [0.2, 0.25) is 0 Å². The molecule has 2 aromatic heterocycles. The maximum atomic E-state index is 10.2. The molecule has 0 aliphatic heterocycles. The minimum Gasteiger partial charge on any atom is -0.506 e. The number of phenols is 1. The standard InChI is InChI=1S/C23H18N5O.Pt/c1-15-19-10-3-4-11-20(19)28(25-15)18-9-7-8-17(14-18)23-24-16(2)27(26-23)21-12-5-6-13-22(21)29;/h3-13,29H,1-2H3;/q-1;. The molecular weight excluding hydrogens is 557 g/mol. The molecule has 0 radical (unpaired) electrons. The Hall–Kier alpha value is -3.24. The number of aromatic nitrogens is 5. The van der Waals surface area contributed by atoms with E-state index in [4.69, 9.17) is 0 Å². The molecule has 0 saturated carbocycles. The number of hydrogen-bond donors (Lipinski definition) is 1. The molecule has 7 heteroatoms. The maximum absolute atomic E-state index is 10.2. The fourth-order valence-electron chi connectivity index (χ4n) is 3.49. The molecule has 2 heterocycles. The van der Waals surface area contributed by atoms with Crippen LogP contribution >= 0.6 is 0 Å². The van der Waals surface area contributed by atoms with E-state index in [0.29, 0.717) is 17.3 Å². The van der Waals surface area contributed by atoms with E-state index in [1.165, 1.54) is 0 Å². The SMILES string of the molecule is Cc1nn(-c2[c-]c(-c3nc(C)n(-c4ccccc4O)n3)ccc2)c2ccccc12.[Pt]. The molecule has 0 saturated heterocycles. The Morgan fingerprint density at radius 2 is 1.60 bits per heavy atom. The second-order valence-electron chi connectivity index (χ2n) is 6.85. The van der Waals surface area contributed by atoms with Crippen molar-refractivity contribution in [3.05, 3.63) is 84.3 Å². The Morgan fingerprint density at radius 3 is 2.43 bits per heavy atom. The van der Waals surface area contributed by atoms with Crippen LogP contribution in [0.1, 0.15) is 11.5 Å². The number of hydrogen-bond acceptors (Lipinski definition) is 4. The smallest absolute Gasteiger partial charge is 0.141 e. The van der Waals surface area contributed by atoms with Crippen molar-refractivity contribution in [1.82, 2.24) is 24.5 Å². The summed E-state index contributed by atoms with van der Waals surface area (Å²) in [6, 6.07) is 24.4. The van der Waals surface area contributed by atoms with Gasteiger partial charge in [-0.3, -0.25) is 9.67 Å². The predicted octanol–water partition coefficient (Wildman–Crippen LogP) is 4.39. The van der Waals surface area contributed by atoms with Gasteiger partial charge in [0.1, 0.15) is 17.3 Å². The molecule has 30 heavy (non-hydrogen) atoms. The van der Waals surface area contributed by atoms with Crippen LogP contribution in [-0.4, -0.2) is 29.7 Å². The Morgan fingerprint density at radius 1 is 0.833 bits per heavy atom. The van der Waals surface area contributed by atoms with Gasteiger partial charge in [0.05, 0.1) is 17.0 Å². The molecule has 0 unspecified atom stereocenters. The fraction of sp³-hybridized carbons (Fsp3) is 0.0870. The largest absolute Gasteiger partial charge is 0.506 e. The fourth-order valence-corrected chi connectivity index (χ4v) is 3.49. The van der Waals surface area contributed by atoms with E-state index in [-0.39, 0.29) is 26.8 Å². The zero-order valence-corrected chi connectivity index (χ0v) is 18.6. The summed E-state index contributed by atoms with van der Waals surface area (Å²) < 4.78 is 3.53. The number of fused-ring (bicyclic) bond motifs is 1. The molecule has 5 rings (SSSR count). The molecule has 0 aliphatic rings. The number of para-hydroxylation sites is 3. The minimum absolute atomic E-state index is 0. The third kappa shape index (κ3) is 3.33. The Balaban J connectivity index is 0.00000218. The number of aromatic hydroxyl groups is 1. The molecule has 0 bridgehead atoms. The van der Waals surface area contributed by atoms with Crippen LogP contribution in [0.25, 0.3) is 33.7 Å². The van der Waals surface area contributed by atoms with Gasteiger partial charge in [-0.15, -0.1) is 29.8 Å². The van der Waals surface area contributed by atoms with Crippen LogP contribution in [0.15, 0.2) is 66.7 Å². The van der Waals surface area contributed by atoms with Crippen LogP contribution in [0.2, 0.25) is 0 Å². The van der Waals surface area contributed by atoms with Crippen LogP contribution < -0.4 is 0 Å². The summed E-state index contributed by atoms with van der Waals surface area (Å²) in [5.74, 6) is 1.38.